The van der Waals surface area contributed by atoms with Gasteiger partial charge in [0.1, 0.15) is 5.75 Å². The van der Waals surface area contributed by atoms with Crippen LogP contribution in [0.4, 0.5) is 0 Å². The molecule has 0 fully saturated rings. The first-order chi connectivity index (χ1) is 9.49. The number of nitrogens with one attached hydrogen (secondary N) is 2. The summed E-state index contributed by atoms with van der Waals surface area (Å²) in [5.74, 6) is 0.864. The third-order valence-electron chi connectivity index (χ3n) is 3.50. The second kappa shape index (κ2) is 7.90. The van der Waals surface area contributed by atoms with Gasteiger partial charge in [0.15, 0.2) is 0 Å². The number of amides is 1. The second-order valence-corrected chi connectivity index (χ2v) is 5.17. The molecule has 0 spiro atoms. The summed E-state index contributed by atoms with van der Waals surface area (Å²) in [6, 6.07) is 7.85. The van der Waals surface area contributed by atoms with Gasteiger partial charge in [0, 0.05) is 17.6 Å². The van der Waals surface area contributed by atoms with Gasteiger partial charge in [0.05, 0.1) is 13.2 Å². The molecule has 0 saturated carbocycles. The zero-order valence-electron chi connectivity index (χ0n) is 13.1. The predicted molar refractivity (Wildman–Crippen MR) is 81.9 cm³/mol. The first-order valence-corrected chi connectivity index (χ1v) is 7.18. The van der Waals surface area contributed by atoms with Crippen LogP contribution < -0.4 is 15.4 Å². The minimum atomic E-state index is -0.246. The van der Waals surface area contributed by atoms with Crippen molar-refractivity contribution in [2.24, 2.45) is 0 Å². The van der Waals surface area contributed by atoms with Crippen molar-refractivity contribution in [3.8, 4) is 5.75 Å². The topological polar surface area (TPSA) is 50.4 Å². The number of rotatable bonds is 7. The van der Waals surface area contributed by atoms with Crippen LogP contribution in [0.25, 0.3) is 0 Å². The zero-order valence-corrected chi connectivity index (χ0v) is 13.1. The van der Waals surface area contributed by atoms with E-state index in [0.717, 1.165) is 17.7 Å². The summed E-state index contributed by atoms with van der Waals surface area (Å²) in [6.45, 7) is 7.98. The Balaban J connectivity index is 2.65. The monoisotopic (exact) mass is 278 g/mol. The molecule has 4 heteroatoms. The molecule has 0 aromatic heterocycles. The Kier molecular flexibility index (Phi) is 6.52. The predicted octanol–water partition coefficient (Wildman–Crippen LogP) is 2.65. The van der Waals surface area contributed by atoms with Gasteiger partial charge in [0.2, 0.25) is 5.91 Å². The third-order valence-corrected chi connectivity index (χ3v) is 3.50. The van der Waals surface area contributed by atoms with Gasteiger partial charge in [-0.15, -0.1) is 0 Å². The highest BCUT2D eigenvalue weighted by atomic mass is 16.5. The minimum absolute atomic E-state index is 0.0288. The van der Waals surface area contributed by atoms with Crippen LogP contribution in [0, 0.1) is 0 Å². The quantitative estimate of drug-likeness (QED) is 0.806. The fourth-order valence-corrected chi connectivity index (χ4v) is 2.03. The highest BCUT2D eigenvalue weighted by molar-refractivity contribution is 5.81. The number of benzene rings is 1. The molecule has 2 unspecified atom stereocenters. The normalized spacial score (nSPS) is 15.2. The Hall–Kier alpha value is -1.55. The van der Waals surface area contributed by atoms with E-state index in [4.69, 9.17) is 4.74 Å². The molecule has 0 radical (unpaired) electrons. The summed E-state index contributed by atoms with van der Waals surface area (Å²) >= 11 is 0. The summed E-state index contributed by atoms with van der Waals surface area (Å²) in [5, 5.41) is 6.29. The number of methoxy groups -OCH3 is 1. The highest BCUT2D eigenvalue weighted by Gasteiger charge is 2.19. The number of para-hydroxylation sites is 1. The standard InChI is InChI=1S/C16H26N2O2/c1-6-11(2)17-16(19)13(4)18-12(3)14-9-7-8-10-15(14)20-5/h7-13,18H,6H2,1-5H3,(H,17,19)/t11?,12-,13?/m0/s1. The van der Waals surface area contributed by atoms with Gasteiger partial charge in [-0.3, -0.25) is 10.1 Å². The number of hydrogen-bond acceptors (Lipinski definition) is 3. The van der Waals surface area contributed by atoms with Gasteiger partial charge in [-0.2, -0.15) is 0 Å². The van der Waals surface area contributed by atoms with E-state index in [0.29, 0.717) is 0 Å². The van der Waals surface area contributed by atoms with Crippen molar-refractivity contribution >= 4 is 5.91 Å². The first-order valence-electron chi connectivity index (χ1n) is 7.18. The van der Waals surface area contributed by atoms with Crippen LogP contribution in [0.3, 0.4) is 0 Å². The number of carbonyl (C=O) groups is 1. The Labute approximate surface area is 121 Å². The smallest absolute Gasteiger partial charge is 0.237 e. The molecule has 0 aliphatic heterocycles. The molecule has 0 saturated heterocycles. The highest BCUT2D eigenvalue weighted by Crippen LogP contribution is 2.24. The summed E-state index contributed by atoms with van der Waals surface area (Å²) in [5.41, 5.74) is 1.05. The molecule has 2 N–H and O–H groups in total. The zero-order chi connectivity index (χ0) is 15.1. The molecule has 4 nitrogen and oxygen atoms in total. The molecule has 0 heterocycles. The molecule has 20 heavy (non-hydrogen) atoms. The van der Waals surface area contributed by atoms with Crippen LogP contribution in [0.1, 0.15) is 45.7 Å². The lowest BCUT2D eigenvalue weighted by atomic mass is 10.1. The van der Waals surface area contributed by atoms with E-state index in [1.165, 1.54) is 0 Å². The Bertz CT molecular complexity index is 434. The Morgan fingerprint density at radius 3 is 2.50 bits per heavy atom. The van der Waals surface area contributed by atoms with E-state index in [-0.39, 0.29) is 24.0 Å². The van der Waals surface area contributed by atoms with E-state index in [1.54, 1.807) is 7.11 Å². The Morgan fingerprint density at radius 2 is 1.90 bits per heavy atom. The maximum atomic E-state index is 12.0. The summed E-state index contributed by atoms with van der Waals surface area (Å²) in [4.78, 5) is 12.0. The maximum Gasteiger partial charge on any atom is 0.237 e. The van der Waals surface area contributed by atoms with Gasteiger partial charge in [0.25, 0.3) is 0 Å². The summed E-state index contributed by atoms with van der Waals surface area (Å²) in [6.07, 6.45) is 0.931. The van der Waals surface area contributed by atoms with Crippen molar-refractivity contribution < 1.29 is 9.53 Å². The Morgan fingerprint density at radius 1 is 1.25 bits per heavy atom. The lowest BCUT2D eigenvalue weighted by molar-refractivity contribution is -0.123. The maximum absolute atomic E-state index is 12.0. The van der Waals surface area contributed by atoms with Gasteiger partial charge >= 0.3 is 0 Å². The van der Waals surface area contributed by atoms with E-state index in [9.17, 15) is 4.79 Å². The lowest BCUT2D eigenvalue weighted by Gasteiger charge is -2.22. The molecule has 112 valence electrons. The molecule has 1 amide bonds. The van der Waals surface area contributed by atoms with Crippen LogP contribution in [-0.2, 0) is 4.79 Å². The molecule has 3 atom stereocenters. The van der Waals surface area contributed by atoms with Crippen LogP contribution in [0.2, 0.25) is 0 Å². The number of hydrogen-bond donors (Lipinski definition) is 2. The van der Waals surface area contributed by atoms with E-state index in [1.807, 2.05) is 45.0 Å². The van der Waals surface area contributed by atoms with Crippen LogP contribution in [0.5, 0.6) is 5.75 Å². The van der Waals surface area contributed by atoms with Crippen molar-refractivity contribution in [1.29, 1.82) is 0 Å². The molecular weight excluding hydrogens is 252 g/mol. The summed E-state index contributed by atoms with van der Waals surface area (Å²) in [7, 11) is 1.66. The van der Waals surface area contributed by atoms with Gasteiger partial charge in [-0.1, -0.05) is 25.1 Å². The average Bonchev–Trinajstić information content (AvgIpc) is 2.46. The van der Waals surface area contributed by atoms with Crippen molar-refractivity contribution in [2.45, 2.75) is 52.2 Å². The van der Waals surface area contributed by atoms with Crippen LogP contribution >= 0.6 is 0 Å². The molecule has 1 aromatic rings. The molecule has 0 aliphatic rings. The third kappa shape index (κ3) is 4.53. The molecule has 0 aliphatic carbocycles. The first kappa shape index (κ1) is 16.5. The molecule has 1 aromatic carbocycles. The molecule has 0 bridgehead atoms. The van der Waals surface area contributed by atoms with Gasteiger partial charge in [-0.25, -0.2) is 0 Å². The molecular formula is C16H26N2O2. The van der Waals surface area contributed by atoms with Crippen molar-refractivity contribution in [3.05, 3.63) is 29.8 Å². The summed E-state index contributed by atoms with van der Waals surface area (Å²) < 4.78 is 5.35. The second-order valence-electron chi connectivity index (χ2n) is 5.17. The van der Waals surface area contributed by atoms with Crippen molar-refractivity contribution in [3.63, 3.8) is 0 Å². The number of carbonyl (C=O) groups excluding carboxylic acids is 1. The van der Waals surface area contributed by atoms with Gasteiger partial charge < -0.3 is 10.1 Å². The lowest BCUT2D eigenvalue weighted by Crippen LogP contribution is -2.46. The SMILES string of the molecule is CCC(C)NC(=O)C(C)N[C@@H](C)c1ccccc1OC. The van der Waals surface area contributed by atoms with Crippen molar-refractivity contribution in [2.75, 3.05) is 7.11 Å². The number of ether oxygens (including phenoxy) is 1. The largest absolute Gasteiger partial charge is 0.496 e. The fraction of sp³-hybridized carbons (Fsp3) is 0.562. The fourth-order valence-electron chi connectivity index (χ4n) is 2.03. The average molecular weight is 278 g/mol. The van der Waals surface area contributed by atoms with Crippen LogP contribution in [-0.4, -0.2) is 25.1 Å². The van der Waals surface area contributed by atoms with E-state index < -0.39 is 0 Å². The van der Waals surface area contributed by atoms with Crippen molar-refractivity contribution in [1.82, 2.24) is 10.6 Å². The minimum Gasteiger partial charge on any atom is -0.496 e. The van der Waals surface area contributed by atoms with E-state index >= 15 is 0 Å². The van der Waals surface area contributed by atoms with Crippen LogP contribution in [0.15, 0.2) is 24.3 Å². The van der Waals surface area contributed by atoms with E-state index in [2.05, 4.69) is 17.6 Å². The van der Waals surface area contributed by atoms with Gasteiger partial charge in [-0.05, 0) is 33.3 Å². The molecule has 1 rings (SSSR count).